The van der Waals surface area contributed by atoms with Crippen LogP contribution in [0.2, 0.25) is 0 Å². The predicted molar refractivity (Wildman–Crippen MR) is 160 cm³/mol. The summed E-state index contributed by atoms with van der Waals surface area (Å²) in [6.07, 6.45) is 4.27. The number of sulfonamides is 1. The SMILES string of the molecule is C=C(N=C/C=C(\N)c1sc(C(C)C)nc1-c1cccc(NS(=O)(=O)c2cccc(F)c2)c1)NCCCN(C)C. The minimum absolute atomic E-state index is 0.162. The van der Waals surface area contributed by atoms with Gasteiger partial charge in [0.1, 0.15) is 11.6 Å². The van der Waals surface area contributed by atoms with Gasteiger partial charge in [-0.05, 0) is 63.5 Å². The van der Waals surface area contributed by atoms with E-state index in [9.17, 15) is 12.8 Å². The van der Waals surface area contributed by atoms with Crippen molar-refractivity contribution in [3.8, 4) is 11.3 Å². The van der Waals surface area contributed by atoms with Gasteiger partial charge in [0.2, 0.25) is 0 Å². The van der Waals surface area contributed by atoms with Crippen LogP contribution in [0.5, 0.6) is 0 Å². The van der Waals surface area contributed by atoms with Crippen LogP contribution in [0.1, 0.15) is 36.1 Å². The molecule has 0 amide bonds. The van der Waals surface area contributed by atoms with Crippen molar-refractivity contribution in [2.75, 3.05) is 31.9 Å². The van der Waals surface area contributed by atoms with Crippen molar-refractivity contribution in [1.29, 1.82) is 0 Å². The summed E-state index contributed by atoms with van der Waals surface area (Å²) in [6, 6.07) is 11.7. The van der Waals surface area contributed by atoms with Gasteiger partial charge in [0.15, 0.2) is 0 Å². The van der Waals surface area contributed by atoms with Crippen molar-refractivity contribution in [2.45, 2.75) is 31.1 Å². The first-order valence-corrected chi connectivity index (χ1v) is 14.7. The van der Waals surface area contributed by atoms with E-state index in [4.69, 9.17) is 10.7 Å². The zero-order chi connectivity index (χ0) is 28.6. The standard InChI is InChI=1S/C28H35FN6O2S2/c1-19(2)28-33-26(27(38-28)25(30)13-15-32-20(3)31-14-8-16-35(4)5)21-9-6-11-23(17-21)34-39(36,37)24-12-7-10-22(29)18-24/h6-7,9-13,15,17-19,31,34H,3,8,14,16,30H2,1-2,4-5H3/b25-13-,32-15?. The molecule has 208 valence electrons. The Labute approximate surface area is 234 Å². The second-order valence-electron chi connectivity index (χ2n) is 9.46. The molecule has 0 spiro atoms. The Morgan fingerprint density at radius 2 is 1.97 bits per heavy atom. The molecule has 0 saturated heterocycles. The maximum absolute atomic E-state index is 13.6. The Balaban J connectivity index is 1.83. The Morgan fingerprint density at radius 3 is 2.67 bits per heavy atom. The molecule has 0 aliphatic heterocycles. The van der Waals surface area contributed by atoms with Gasteiger partial charge in [-0.2, -0.15) is 0 Å². The van der Waals surface area contributed by atoms with E-state index in [0.717, 1.165) is 35.5 Å². The number of aromatic nitrogens is 1. The van der Waals surface area contributed by atoms with E-state index in [2.05, 4.69) is 26.5 Å². The predicted octanol–water partition coefficient (Wildman–Crippen LogP) is 5.26. The fourth-order valence-corrected chi connectivity index (χ4v) is 5.62. The average molecular weight is 571 g/mol. The molecule has 0 fully saturated rings. The number of anilines is 1. The van der Waals surface area contributed by atoms with Gasteiger partial charge in [-0.3, -0.25) is 4.72 Å². The highest BCUT2D eigenvalue weighted by atomic mass is 32.2. The number of benzene rings is 2. The molecule has 2 aromatic carbocycles. The topological polar surface area (TPSA) is 113 Å². The number of aliphatic imine (C=N–C) groups is 1. The van der Waals surface area contributed by atoms with Crippen molar-refractivity contribution in [3.63, 3.8) is 0 Å². The van der Waals surface area contributed by atoms with Crippen LogP contribution >= 0.6 is 11.3 Å². The minimum atomic E-state index is -3.98. The molecule has 0 atom stereocenters. The van der Waals surface area contributed by atoms with Gasteiger partial charge >= 0.3 is 0 Å². The highest BCUT2D eigenvalue weighted by Crippen LogP contribution is 2.35. The van der Waals surface area contributed by atoms with Crippen LogP contribution in [0.15, 0.2) is 76.9 Å². The average Bonchev–Trinajstić information content (AvgIpc) is 3.33. The highest BCUT2D eigenvalue weighted by Gasteiger charge is 2.19. The third kappa shape index (κ3) is 8.74. The number of nitrogens with zero attached hydrogens (tertiary/aromatic N) is 3. The molecule has 0 unspecified atom stereocenters. The molecular formula is C28H35FN6O2S2. The second kappa shape index (κ2) is 13.5. The molecule has 0 radical (unpaired) electrons. The minimum Gasteiger partial charge on any atom is -0.397 e. The summed E-state index contributed by atoms with van der Waals surface area (Å²) in [7, 11) is 0.0763. The summed E-state index contributed by atoms with van der Waals surface area (Å²) in [5, 5.41) is 4.07. The molecule has 11 heteroatoms. The maximum atomic E-state index is 13.6. The highest BCUT2D eigenvalue weighted by molar-refractivity contribution is 7.92. The number of halogens is 1. The van der Waals surface area contributed by atoms with E-state index < -0.39 is 15.8 Å². The Kier molecular flexibility index (Phi) is 10.4. The van der Waals surface area contributed by atoms with Crippen LogP contribution in [0, 0.1) is 5.82 Å². The number of nitrogens with two attached hydrogens (primary N) is 1. The van der Waals surface area contributed by atoms with E-state index in [1.54, 1.807) is 30.5 Å². The first kappa shape index (κ1) is 30.0. The van der Waals surface area contributed by atoms with Crippen LogP contribution in [-0.4, -0.2) is 51.7 Å². The third-order valence-electron chi connectivity index (χ3n) is 5.49. The second-order valence-corrected chi connectivity index (χ2v) is 12.2. The number of hydrogen-bond acceptors (Lipinski definition) is 8. The van der Waals surface area contributed by atoms with Gasteiger partial charge in [0.05, 0.1) is 26.2 Å². The largest absolute Gasteiger partial charge is 0.397 e. The number of thiazole rings is 1. The quantitative estimate of drug-likeness (QED) is 0.191. The first-order valence-electron chi connectivity index (χ1n) is 12.4. The van der Waals surface area contributed by atoms with Crippen molar-refractivity contribution in [1.82, 2.24) is 15.2 Å². The molecule has 0 aliphatic carbocycles. The molecule has 4 N–H and O–H groups in total. The molecule has 0 aliphatic rings. The van der Waals surface area contributed by atoms with E-state index in [1.807, 2.05) is 34.0 Å². The van der Waals surface area contributed by atoms with Gasteiger partial charge in [0, 0.05) is 29.9 Å². The summed E-state index contributed by atoms with van der Waals surface area (Å²) in [4.78, 5) is 11.8. The zero-order valence-electron chi connectivity index (χ0n) is 22.6. The monoisotopic (exact) mass is 570 g/mol. The molecule has 3 aromatic rings. The van der Waals surface area contributed by atoms with Crippen molar-refractivity contribution in [2.24, 2.45) is 10.7 Å². The zero-order valence-corrected chi connectivity index (χ0v) is 24.2. The Bertz CT molecular complexity index is 1460. The molecule has 8 nitrogen and oxygen atoms in total. The molecule has 0 bridgehead atoms. The first-order chi connectivity index (χ1) is 18.5. The fraction of sp³-hybridized carbons (Fsp3) is 0.286. The van der Waals surface area contributed by atoms with Crippen LogP contribution < -0.4 is 15.8 Å². The summed E-state index contributed by atoms with van der Waals surface area (Å²) in [6.45, 7) is 9.75. The number of allylic oxidation sites excluding steroid dienone is 1. The van der Waals surface area contributed by atoms with Gasteiger partial charge in [0.25, 0.3) is 10.0 Å². The number of hydrogen-bond donors (Lipinski definition) is 3. The Morgan fingerprint density at radius 1 is 1.23 bits per heavy atom. The van der Waals surface area contributed by atoms with Gasteiger partial charge in [-0.15, -0.1) is 11.3 Å². The van der Waals surface area contributed by atoms with Crippen molar-refractivity contribution in [3.05, 3.63) is 82.7 Å². The fourth-order valence-electron chi connectivity index (χ4n) is 3.51. The maximum Gasteiger partial charge on any atom is 0.261 e. The molecule has 1 aromatic heterocycles. The van der Waals surface area contributed by atoms with Crippen molar-refractivity contribution >= 4 is 39.0 Å². The smallest absolute Gasteiger partial charge is 0.261 e. The van der Waals surface area contributed by atoms with Gasteiger partial charge < -0.3 is 16.0 Å². The van der Waals surface area contributed by atoms with Gasteiger partial charge in [-0.25, -0.2) is 22.8 Å². The summed E-state index contributed by atoms with van der Waals surface area (Å²) >= 11 is 1.48. The normalized spacial score (nSPS) is 12.4. The van der Waals surface area contributed by atoms with E-state index in [0.29, 0.717) is 28.5 Å². The lowest BCUT2D eigenvalue weighted by atomic mass is 10.1. The molecule has 39 heavy (non-hydrogen) atoms. The third-order valence-corrected chi connectivity index (χ3v) is 8.27. The summed E-state index contributed by atoms with van der Waals surface area (Å²) < 4.78 is 41.7. The lowest BCUT2D eigenvalue weighted by molar-refractivity contribution is 0.398. The summed E-state index contributed by atoms with van der Waals surface area (Å²) in [5.74, 6) is 0.0858. The number of rotatable bonds is 13. The lowest BCUT2D eigenvalue weighted by Gasteiger charge is -2.10. The van der Waals surface area contributed by atoms with E-state index in [1.165, 1.54) is 29.5 Å². The Hall–Kier alpha value is -3.54. The van der Waals surface area contributed by atoms with Crippen LogP contribution in [0.4, 0.5) is 10.1 Å². The van der Waals surface area contributed by atoms with Crippen LogP contribution in [0.25, 0.3) is 17.0 Å². The lowest BCUT2D eigenvalue weighted by Crippen LogP contribution is -2.20. The molecule has 1 heterocycles. The molecule has 3 rings (SSSR count). The van der Waals surface area contributed by atoms with Crippen LogP contribution in [0.3, 0.4) is 0 Å². The van der Waals surface area contributed by atoms with Gasteiger partial charge in [-0.1, -0.05) is 38.6 Å². The molecular weight excluding hydrogens is 535 g/mol. The van der Waals surface area contributed by atoms with E-state index >= 15 is 0 Å². The van der Waals surface area contributed by atoms with Crippen molar-refractivity contribution < 1.29 is 12.8 Å². The number of nitrogens with one attached hydrogen (secondary N) is 2. The van der Waals surface area contributed by atoms with Crippen LogP contribution in [-0.2, 0) is 10.0 Å². The van der Waals surface area contributed by atoms with E-state index in [-0.39, 0.29) is 10.8 Å². The molecule has 0 saturated carbocycles. The summed E-state index contributed by atoms with van der Waals surface area (Å²) in [5.41, 5.74) is 8.58.